The van der Waals surface area contributed by atoms with E-state index in [4.69, 9.17) is 5.11 Å². The van der Waals surface area contributed by atoms with Gasteiger partial charge in [0.15, 0.2) is 0 Å². The van der Waals surface area contributed by atoms with Crippen molar-refractivity contribution in [2.45, 2.75) is 52.5 Å². The van der Waals surface area contributed by atoms with Crippen molar-refractivity contribution in [3.63, 3.8) is 0 Å². The summed E-state index contributed by atoms with van der Waals surface area (Å²) >= 11 is 0. The van der Waals surface area contributed by atoms with E-state index in [1.807, 2.05) is 20.8 Å². The number of hydrogen-bond acceptors (Lipinski definition) is 4. The number of aryl methyl sites for hydroxylation is 1. The first-order chi connectivity index (χ1) is 9.52. The molecule has 0 radical (unpaired) electrons. The van der Waals surface area contributed by atoms with E-state index in [1.54, 1.807) is 13.8 Å². The Bertz CT molecular complexity index is 614. The van der Waals surface area contributed by atoms with Gasteiger partial charge in [-0.2, -0.15) is 0 Å². The van der Waals surface area contributed by atoms with Gasteiger partial charge in [-0.05, 0) is 13.8 Å². The third-order valence-corrected chi connectivity index (χ3v) is 2.90. The highest BCUT2D eigenvalue weighted by Crippen LogP contribution is 2.17. The van der Waals surface area contributed by atoms with E-state index in [1.165, 1.54) is 0 Å². The number of hydrogen-bond donors (Lipinski definition) is 3. The summed E-state index contributed by atoms with van der Waals surface area (Å²) in [5.41, 5.74) is -0.619. The maximum absolute atomic E-state index is 12.1. The molecule has 0 aliphatic rings. The van der Waals surface area contributed by atoms with Crippen LogP contribution >= 0.6 is 0 Å². The molecule has 0 aliphatic heterocycles. The molecule has 0 aliphatic carbocycles. The van der Waals surface area contributed by atoms with Gasteiger partial charge in [0, 0.05) is 11.5 Å². The highest BCUT2D eigenvalue weighted by molar-refractivity contribution is 5.95. The third kappa shape index (κ3) is 4.40. The number of carboxylic acids is 1. The summed E-state index contributed by atoms with van der Waals surface area (Å²) in [5, 5.41) is 11.2. The highest BCUT2D eigenvalue weighted by Gasteiger charge is 2.23. The minimum Gasteiger partial charge on any atom is -0.481 e. The summed E-state index contributed by atoms with van der Waals surface area (Å²) in [6, 6.07) is -0.573. The Balaban J connectivity index is 3.07. The van der Waals surface area contributed by atoms with Crippen LogP contribution in [0.3, 0.4) is 0 Å². The van der Waals surface area contributed by atoms with E-state index in [9.17, 15) is 14.4 Å². The zero-order valence-electron chi connectivity index (χ0n) is 12.9. The second kappa shape index (κ2) is 6.07. The number of carboxylic acid groups (broad SMARTS) is 1. The molecule has 7 nitrogen and oxygen atoms in total. The number of aliphatic carboxylic acids is 1. The van der Waals surface area contributed by atoms with Crippen molar-refractivity contribution in [2.24, 2.45) is 0 Å². The van der Waals surface area contributed by atoms with Gasteiger partial charge in [0.1, 0.15) is 11.4 Å². The summed E-state index contributed by atoms with van der Waals surface area (Å²) in [4.78, 5) is 41.6. The molecule has 0 bridgehead atoms. The summed E-state index contributed by atoms with van der Waals surface area (Å²) in [6.45, 7) is 8.85. The van der Waals surface area contributed by atoms with Crippen LogP contribution in [0.5, 0.6) is 0 Å². The second-order valence-corrected chi connectivity index (χ2v) is 6.10. The van der Waals surface area contributed by atoms with Gasteiger partial charge in [-0.15, -0.1) is 0 Å². The van der Waals surface area contributed by atoms with Crippen LogP contribution in [-0.4, -0.2) is 33.0 Å². The van der Waals surface area contributed by atoms with Gasteiger partial charge in [-0.3, -0.25) is 14.4 Å². The first-order valence-electron chi connectivity index (χ1n) is 6.66. The Kier molecular flexibility index (Phi) is 4.88. The van der Waals surface area contributed by atoms with Gasteiger partial charge in [-0.1, -0.05) is 20.8 Å². The molecule has 1 heterocycles. The number of carbonyl (C=O) groups excluding carboxylic acids is 1. The van der Waals surface area contributed by atoms with Crippen LogP contribution in [0.15, 0.2) is 4.79 Å². The molecule has 0 spiro atoms. The molecule has 1 unspecified atom stereocenters. The number of nitrogens with one attached hydrogen (secondary N) is 2. The standard InChI is InChI=1S/C14H21N3O4/c1-7(6-9(18)19)15-11(20)10-8(2)16-13(14(3,4)5)17-12(10)21/h7H,6H2,1-5H3,(H,15,20)(H,18,19)(H,16,17,21). The Morgan fingerprint density at radius 1 is 1.38 bits per heavy atom. The fourth-order valence-electron chi connectivity index (χ4n) is 1.82. The lowest BCUT2D eigenvalue weighted by Crippen LogP contribution is -2.39. The molecular formula is C14H21N3O4. The SMILES string of the molecule is Cc1nc(C(C)(C)C)[nH]c(=O)c1C(=O)NC(C)CC(=O)O. The molecule has 0 saturated heterocycles. The topological polar surface area (TPSA) is 112 Å². The normalized spacial score (nSPS) is 12.8. The highest BCUT2D eigenvalue weighted by atomic mass is 16.4. The van der Waals surface area contributed by atoms with Crippen molar-refractivity contribution in [1.82, 2.24) is 15.3 Å². The number of rotatable bonds is 4. The van der Waals surface area contributed by atoms with Crippen LogP contribution in [-0.2, 0) is 10.2 Å². The quantitative estimate of drug-likeness (QED) is 0.766. The Morgan fingerprint density at radius 2 is 1.95 bits per heavy atom. The lowest BCUT2D eigenvalue weighted by atomic mass is 9.95. The molecule has 1 aromatic heterocycles. The summed E-state index contributed by atoms with van der Waals surface area (Å²) < 4.78 is 0. The van der Waals surface area contributed by atoms with E-state index in [0.717, 1.165) is 0 Å². The average Bonchev–Trinajstić information content (AvgIpc) is 2.24. The predicted molar refractivity (Wildman–Crippen MR) is 77.5 cm³/mol. The molecule has 0 aromatic carbocycles. The van der Waals surface area contributed by atoms with E-state index in [0.29, 0.717) is 11.5 Å². The van der Waals surface area contributed by atoms with Crippen molar-refractivity contribution < 1.29 is 14.7 Å². The summed E-state index contributed by atoms with van der Waals surface area (Å²) in [6.07, 6.45) is -0.212. The summed E-state index contributed by atoms with van der Waals surface area (Å²) in [5.74, 6) is -1.13. The molecule has 0 fully saturated rings. The zero-order chi connectivity index (χ0) is 16.4. The van der Waals surface area contributed by atoms with Crippen molar-refractivity contribution in [2.75, 3.05) is 0 Å². The minimum absolute atomic E-state index is 0.0831. The first-order valence-corrected chi connectivity index (χ1v) is 6.66. The van der Waals surface area contributed by atoms with E-state index in [-0.39, 0.29) is 17.4 Å². The van der Waals surface area contributed by atoms with Crippen molar-refractivity contribution >= 4 is 11.9 Å². The van der Waals surface area contributed by atoms with E-state index in [2.05, 4.69) is 15.3 Å². The lowest BCUT2D eigenvalue weighted by molar-refractivity contribution is -0.137. The Hall–Kier alpha value is -2.18. The number of aromatic nitrogens is 2. The second-order valence-electron chi connectivity index (χ2n) is 6.10. The average molecular weight is 295 g/mol. The number of amides is 1. The van der Waals surface area contributed by atoms with Gasteiger partial charge in [0.25, 0.3) is 11.5 Å². The minimum atomic E-state index is -1.02. The predicted octanol–water partition coefficient (Wildman–Crippen LogP) is 0.969. The maximum Gasteiger partial charge on any atom is 0.305 e. The van der Waals surface area contributed by atoms with Crippen molar-refractivity contribution in [3.8, 4) is 0 Å². The van der Waals surface area contributed by atoms with Crippen LogP contribution in [0.25, 0.3) is 0 Å². The number of carbonyl (C=O) groups is 2. The van der Waals surface area contributed by atoms with Crippen LogP contribution in [0.4, 0.5) is 0 Å². The molecule has 1 rings (SSSR count). The maximum atomic E-state index is 12.1. The van der Waals surface area contributed by atoms with E-state index < -0.39 is 23.5 Å². The third-order valence-electron chi connectivity index (χ3n) is 2.90. The monoisotopic (exact) mass is 295 g/mol. The van der Waals surface area contributed by atoms with Gasteiger partial charge in [0.05, 0.1) is 12.1 Å². The fourth-order valence-corrected chi connectivity index (χ4v) is 1.82. The van der Waals surface area contributed by atoms with Crippen LogP contribution in [0.1, 0.15) is 56.0 Å². The molecule has 116 valence electrons. The molecule has 21 heavy (non-hydrogen) atoms. The van der Waals surface area contributed by atoms with Crippen molar-refractivity contribution in [3.05, 3.63) is 27.4 Å². The van der Waals surface area contributed by atoms with E-state index >= 15 is 0 Å². The van der Waals surface area contributed by atoms with Crippen LogP contribution in [0, 0.1) is 6.92 Å². The van der Waals surface area contributed by atoms with Gasteiger partial charge >= 0.3 is 5.97 Å². The van der Waals surface area contributed by atoms with Gasteiger partial charge in [-0.25, -0.2) is 4.98 Å². The molecule has 3 N–H and O–H groups in total. The van der Waals surface area contributed by atoms with Crippen LogP contribution in [0.2, 0.25) is 0 Å². The van der Waals surface area contributed by atoms with Crippen LogP contribution < -0.4 is 10.9 Å². The smallest absolute Gasteiger partial charge is 0.305 e. The number of H-pyrrole nitrogens is 1. The largest absolute Gasteiger partial charge is 0.481 e. The molecule has 1 amide bonds. The summed E-state index contributed by atoms with van der Waals surface area (Å²) in [7, 11) is 0. The number of nitrogens with zero attached hydrogens (tertiary/aromatic N) is 1. The zero-order valence-corrected chi connectivity index (χ0v) is 12.9. The molecular weight excluding hydrogens is 274 g/mol. The first kappa shape index (κ1) is 16.9. The van der Waals surface area contributed by atoms with Gasteiger partial charge in [0.2, 0.25) is 0 Å². The Labute approximate surface area is 122 Å². The number of aromatic amines is 1. The molecule has 7 heteroatoms. The molecule has 0 saturated carbocycles. The molecule has 1 atom stereocenters. The van der Waals surface area contributed by atoms with Crippen molar-refractivity contribution in [1.29, 1.82) is 0 Å². The Morgan fingerprint density at radius 3 is 2.38 bits per heavy atom. The molecule has 1 aromatic rings. The van der Waals surface area contributed by atoms with Gasteiger partial charge < -0.3 is 15.4 Å². The lowest BCUT2D eigenvalue weighted by Gasteiger charge is -2.18. The fraction of sp³-hybridized carbons (Fsp3) is 0.571.